The number of furan rings is 1. The molecule has 7 rings (SSSR count). The van der Waals surface area contributed by atoms with E-state index in [-0.39, 0.29) is 11.9 Å². The van der Waals surface area contributed by atoms with Gasteiger partial charge in [0.2, 0.25) is 0 Å². The van der Waals surface area contributed by atoms with Gasteiger partial charge in [-0.15, -0.1) is 0 Å². The molecule has 174 valence electrons. The minimum atomic E-state index is -0.696. The van der Waals surface area contributed by atoms with Crippen molar-refractivity contribution in [2.75, 3.05) is 12.0 Å². The minimum Gasteiger partial charge on any atom is -0.494 e. The number of benzene rings is 3. The fourth-order valence-corrected chi connectivity index (χ4v) is 5.95. The summed E-state index contributed by atoms with van der Waals surface area (Å²) in [5.74, 6) is 0.171. The SMILES string of the molecule is COc1cc2oc3ccccc3c2cc1N1C(=O)[C@@H]2Cc3c([nH]c4ccccc34)C(C)(C)N2C1=O. The van der Waals surface area contributed by atoms with Crippen LogP contribution < -0.4 is 9.64 Å². The van der Waals surface area contributed by atoms with Gasteiger partial charge in [0, 0.05) is 39.9 Å². The van der Waals surface area contributed by atoms with Crippen LogP contribution in [0.25, 0.3) is 32.8 Å². The molecule has 1 N–H and O–H groups in total. The Balaban J connectivity index is 1.40. The summed E-state index contributed by atoms with van der Waals surface area (Å²) >= 11 is 0. The number of nitrogens with zero attached hydrogens (tertiary/aromatic N) is 2. The van der Waals surface area contributed by atoms with Crippen molar-refractivity contribution in [2.24, 2.45) is 0 Å². The summed E-state index contributed by atoms with van der Waals surface area (Å²) in [5, 5.41) is 2.85. The normalized spacial score (nSPS) is 19.1. The van der Waals surface area contributed by atoms with E-state index in [2.05, 4.69) is 11.1 Å². The van der Waals surface area contributed by atoms with Gasteiger partial charge in [0.15, 0.2) is 0 Å². The molecule has 1 saturated heterocycles. The average molecular weight is 466 g/mol. The maximum atomic E-state index is 13.9. The van der Waals surface area contributed by atoms with Crippen LogP contribution in [0.1, 0.15) is 25.1 Å². The van der Waals surface area contributed by atoms with Crippen molar-refractivity contribution in [3.63, 3.8) is 0 Å². The van der Waals surface area contributed by atoms with Crippen LogP contribution in [0, 0.1) is 0 Å². The number of methoxy groups -OCH3 is 1. The molecule has 0 radical (unpaired) electrons. The number of aromatic amines is 1. The van der Waals surface area contributed by atoms with Gasteiger partial charge >= 0.3 is 6.03 Å². The van der Waals surface area contributed by atoms with Crippen LogP contribution in [0.15, 0.2) is 65.1 Å². The van der Waals surface area contributed by atoms with E-state index in [1.807, 2.05) is 62.4 Å². The topological polar surface area (TPSA) is 78.8 Å². The second kappa shape index (κ2) is 6.66. The molecule has 0 unspecified atom stereocenters. The third-order valence-electron chi connectivity index (χ3n) is 7.56. The number of rotatable bonds is 2. The lowest BCUT2D eigenvalue weighted by Crippen LogP contribution is -2.52. The first-order chi connectivity index (χ1) is 16.9. The summed E-state index contributed by atoms with van der Waals surface area (Å²) in [6.07, 6.45) is 0.461. The number of fused-ring (bicyclic) bond motifs is 7. The van der Waals surface area contributed by atoms with E-state index >= 15 is 0 Å². The largest absolute Gasteiger partial charge is 0.494 e. The molecule has 4 heterocycles. The van der Waals surface area contributed by atoms with Crippen molar-refractivity contribution in [1.82, 2.24) is 9.88 Å². The molecular formula is C28H23N3O4. The summed E-state index contributed by atoms with van der Waals surface area (Å²) in [6.45, 7) is 3.98. The van der Waals surface area contributed by atoms with Crippen molar-refractivity contribution in [3.8, 4) is 5.75 Å². The van der Waals surface area contributed by atoms with Gasteiger partial charge in [0.25, 0.3) is 5.91 Å². The van der Waals surface area contributed by atoms with E-state index in [4.69, 9.17) is 9.15 Å². The molecule has 2 aromatic heterocycles. The Bertz CT molecular complexity index is 1710. The quantitative estimate of drug-likeness (QED) is 0.339. The van der Waals surface area contributed by atoms with Gasteiger partial charge in [-0.2, -0.15) is 0 Å². The van der Waals surface area contributed by atoms with Crippen LogP contribution >= 0.6 is 0 Å². The molecule has 0 aliphatic carbocycles. The van der Waals surface area contributed by atoms with Crippen molar-refractivity contribution in [1.29, 1.82) is 0 Å². The van der Waals surface area contributed by atoms with Crippen molar-refractivity contribution < 1.29 is 18.7 Å². The number of carbonyl (C=O) groups excluding carboxylic acids is 2. The lowest BCUT2D eigenvalue weighted by molar-refractivity contribution is -0.121. The Hall–Kier alpha value is -4.26. The summed E-state index contributed by atoms with van der Waals surface area (Å²) in [4.78, 5) is 34.3. The standard InChI is InChI=1S/C28H23N3O4/c1-28(2)25-18(15-8-4-6-10-19(15)29-25)13-21-26(32)30(27(33)31(21)28)20-12-17-16-9-5-7-11-22(16)35-23(17)14-24(20)34-3/h4-12,14,21,29H,13H2,1-3H3/t21-/m0/s1. The zero-order chi connectivity index (χ0) is 24.1. The van der Waals surface area contributed by atoms with E-state index in [1.54, 1.807) is 11.0 Å². The van der Waals surface area contributed by atoms with Crippen LogP contribution in [-0.2, 0) is 16.8 Å². The number of para-hydroxylation sites is 2. The molecule has 7 nitrogen and oxygen atoms in total. The van der Waals surface area contributed by atoms with Gasteiger partial charge in [-0.3, -0.25) is 4.79 Å². The van der Waals surface area contributed by atoms with Crippen LogP contribution in [0.5, 0.6) is 5.75 Å². The number of anilines is 1. The molecule has 0 saturated carbocycles. The van der Waals surface area contributed by atoms with Gasteiger partial charge in [0.05, 0.1) is 18.3 Å². The number of amides is 3. The number of urea groups is 1. The van der Waals surface area contributed by atoms with Crippen molar-refractivity contribution in [2.45, 2.75) is 31.8 Å². The highest BCUT2D eigenvalue weighted by molar-refractivity contribution is 6.24. The number of aromatic nitrogens is 1. The minimum absolute atomic E-state index is 0.246. The smallest absolute Gasteiger partial charge is 0.333 e. The Morgan fingerprint density at radius 3 is 2.51 bits per heavy atom. The number of ether oxygens (including phenoxy) is 1. The average Bonchev–Trinajstić information content (AvgIpc) is 3.49. The number of carbonyl (C=O) groups is 2. The lowest BCUT2D eigenvalue weighted by Gasteiger charge is -2.42. The number of nitrogens with one attached hydrogen (secondary N) is 1. The molecule has 3 aromatic carbocycles. The second-order valence-corrected chi connectivity index (χ2v) is 9.75. The first-order valence-corrected chi connectivity index (χ1v) is 11.7. The van der Waals surface area contributed by atoms with Gasteiger partial charge in [-0.25, -0.2) is 9.69 Å². The molecule has 0 spiro atoms. The number of hydrogen-bond acceptors (Lipinski definition) is 4. The molecule has 1 fully saturated rings. The first kappa shape index (κ1) is 20.1. The molecule has 1 atom stereocenters. The Morgan fingerprint density at radius 2 is 1.71 bits per heavy atom. The molecule has 2 aliphatic heterocycles. The monoisotopic (exact) mass is 465 g/mol. The summed E-state index contributed by atoms with van der Waals surface area (Å²) in [7, 11) is 1.53. The van der Waals surface area contributed by atoms with E-state index in [0.717, 1.165) is 38.5 Å². The van der Waals surface area contributed by atoms with Gasteiger partial charge in [-0.1, -0.05) is 36.4 Å². The van der Waals surface area contributed by atoms with E-state index in [9.17, 15) is 9.59 Å². The Morgan fingerprint density at radius 1 is 0.971 bits per heavy atom. The number of imide groups is 1. The fraction of sp³-hybridized carbons (Fsp3) is 0.214. The highest BCUT2D eigenvalue weighted by atomic mass is 16.5. The third-order valence-corrected chi connectivity index (χ3v) is 7.56. The maximum Gasteiger partial charge on any atom is 0.333 e. The summed E-state index contributed by atoms with van der Waals surface area (Å²) in [5.41, 5.74) is 4.20. The fourth-order valence-electron chi connectivity index (χ4n) is 5.95. The zero-order valence-corrected chi connectivity index (χ0v) is 19.6. The highest BCUT2D eigenvalue weighted by Crippen LogP contribution is 2.47. The number of H-pyrrole nitrogens is 1. The zero-order valence-electron chi connectivity index (χ0n) is 19.6. The highest BCUT2D eigenvalue weighted by Gasteiger charge is 2.56. The Labute approximate surface area is 200 Å². The molecule has 2 aliphatic rings. The summed E-state index contributed by atoms with van der Waals surface area (Å²) in [6, 6.07) is 18.4. The molecule has 0 bridgehead atoms. The van der Waals surface area contributed by atoms with E-state index in [0.29, 0.717) is 23.4 Å². The number of hydrogen-bond donors (Lipinski definition) is 1. The summed E-state index contributed by atoms with van der Waals surface area (Å²) < 4.78 is 11.6. The van der Waals surface area contributed by atoms with Crippen LogP contribution in [-0.4, -0.2) is 35.0 Å². The molecular weight excluding hydrogens is 442 g/mol. The molecule has 35 heavy (non-hydrogen) atoms. The first-order valence-electron chi connectivity index (χ1n) is 11.7. The van der Waals surface area contributed by atoms with Crippen LogP contribution in [0.4, 0.5) is 10.5 Å². The van der Waals surface area contributed by atoms with E-state index < -0.39 is 11.6 Å². The molecule has 5 aromatic rings. The Kier molecular flexibility index (Phi) is 3.83. The van der Waals surface area contributed by atoms with Crippen molar-refractivity contribution in [3.05, 3.63) is 71.9 Å². The maximum absolute atomic E-state index is 13.9. The van der Waals surface area contributed by atoms with Gasteiger partial charge < -0.3 is 19.0 Å². The van der Waals surface area contributed by atoms with E-state index in [1.165, 1.54) is 12.0 Å². The van der Waals surface area contributed by atoms with Gasteiger partial charge in [-0.05, 0) is 37.6 Å². The van der Waals surface area contributed by atoms with Crippen LogP contribution in [0.3, 0.4) is 0 Å². The van der Waals surface area contributed by atoms with Crippen LogP contribution in [0.2, 0.25) is 0 Å². The lowest BCUT2D eigenvalue weighted by atomic mass is 9.85. The third kappa shape index (κ3) is 2.50. The molecule has 3 amide bonds. The second-order valence-electron chi connectivity index (χ2n) is 9.75. The predicted molar refractivity (Wildman–Crippen MR) is 134 cm³/mol. The van der Waals surface area contributed by atoms with Gasteiger partial charge in [0.1, 0.15) is 23.0 Å². The predicted octanol–water partition coefficient (Wildman–Crippen LogP) is 5.70. The van der Waals surface area contributed by atoms with Crippen molar-refractivity contribution >= 4 is 50.5 Å². The molecule has 7 heteroatoms.